The minimum Gasteiger partial charge on any atom is -0.264 e. The molecule has 1 aliphatic rings. The van der Waals surface area contributed by atoms with Gasteiger partial charge in [-0.05, 0) is 55.1 Å². The van der Waals surface area contributed by atoms with Crippen LogP contribution in [0.15, 0.2) is 24.5 Å². The molecule has 1 saturated carbocycles. The summed E-state index contributed by atoms with van der Waals surface area (Å²) in [7, 11) is 0. The van der Waals surface area contributed by atoms with E-state index in [2.05, 4.69) is 24.9 Å². The van der Waals surface area contributed by atoms with Gasteiger partial charge in [0.1, 0.15) is 0 Å². The van der Waals surface area contributed by atoms with Gasteiger partial charge in [0.25, 0.3) is 0 Å². The molecule has 0 N–H and O–H groups in total. The van der Waals surface area contributed by atoms with Gasteiger partial charge >= 0.3 is 0 Å². The molecule has 1 aromatic rings. The molecule has 1 aliphatic carbocycles. The van der Waals surface area contributed by atoms with Crippen LogP contribution in [0.2, 0.25) is 0 Å². The lowest BCUT2D eigenvalue weighted by Gasteiger charge is -2.38. The van der Waals surface area contributed by atoms with E-state index in [1.54, 1.807) is 0 Å². The third-order valence-corrected chi connectivity index (χ3v) is 3.78. The van der Waals surface area contributed by atoms with Crippen LogP contribution < -0.4 is 0 Å². The molecule has 0 amide bonds. The van der Waals surface area contributed by atoms with Crippen molar-refractivity contribution in [1.29, 1.82) is 0 Å². The van der Waals surface area contributed by atoms with Gasteiger partial charge in [-0.15, -0.1) is 0 Å². The highest BCUT2D eigenvalue weighted by molar-refractivity contribution is 5.08. The van der Waals surface area contributed by atoms with Crippen molar-refractivity contribution in [3.05, 3.63) is 30.1 Å². The molecule has 1 nitrogen and oxygen atoms in total. The summed E-state index contributed by atoms with van der Waals surface area (Å²) in [5, 5.41) is 0. The van der Waals surface area contributed by atoms with Crippen LogP contribution in [-0.2, 0) is 6.42 Å². The van der Waals surface area contributed by atoms with Crippen molar-refractivity contribution in [3.63, 3.8) is 0 Å². The van der Waals surface area contributed by atoms with Crippen molar-refractivity contribution in [3.8, 4) is 0 Å². The van der Waals surface area contributed by atoms with Crippen molar-refractivity contribution in [2.24, 2.45) is 17.8 Å². The predicted molar refractivity (Wildman–Crippen MR) is 63.6 cm³/mol. The SMILES string of the molecule is CC(C)C1CC(CCc2cccnc2)C1. The Morgan fingerprint density at radius 1 is 1.40 bits per heavy atom. The molecule has 0 spiro atoms. The third-order valence-electron chi connectivity index (χ3n) is 3.78. The maximum atomic E-state index is 4.15. The number of aryl methyl sites for hydroxylation is 1. The molecule has 1 fully saturated rings. The molecule has 0 aromatic carbocycles. The Balaban J connectivity index is 1.69. The smallest absolute Gasteiger partial charge is 0.0299 e. The van der Waals surface area contributed by atoms with E-state index in [0.717, 1.165) is 17.8 Å². The largest absolute Gasteiger partial charge is 0.264 e. The Kier molecular flexibility index (Phi) is 3.40. The quantitative estimate of drug-likeness (QED) is 0.727. The molecule has 0 aliphatic heterocycles. The van der Waals surface area contributed by atoms with Gasteiger partial charge < -0.3 is 0 Å². The predicted octanol–water partition coefficient (Wildman–Crippen LogP) is 3.70. The number of rotatable bonds is 4. The topological polar surface area (TPSA) is 12.9 Å². The van der Waals surface area contributed by atoms with Crippen LogP contribution in [0.1, 0.15) is 38.7 Å². The van der Waals surface area contributed by atoms with Gasteiger partial charge in [0.05, 0.1) is 0 Å². The molecule has 1 heteroatoms. The van der Waals surface area contributed by atoms with Crippen LogP contribution in [0, 0.1) is 17.8 Å². The summed E-state index contributed by atoms with van der Waals surface area (Å²) < 4.78 is 0. The second-order valence-corrected chi connectivity index (χ2v) is 5.24. The Hall–Kier alpha value is -0.850. The van der Waals surface area contributed by atoms with Crippen molar-refractivity contribution < 1.29 is 0 Å². The average Bonchev–Trinajstić information content (AvgIpc) is 2.16. The fourth-order valence-electron chi connectivity index (χ4n) is 2.48. The lowest BCUT2D eigenvalue weighted by Crippen LogP contribution is -2.27. The van der Waals surface area contributed by atoms with Gasteiger partial charge in [-0.1, -0.05) is 19.9 Å². The normalized spacial score (nSPS) is 25.3. The average molecular weight is 203 g/mol. The highest BCUT2D eigenvalue weighted by atomic mass is 14.6. The number of hydrogen-bond acceptors (Lipinski definition) is 1. The van der Waals surface area contributed by atoms with Gasteiger partial charge in [-0.25, -0.2) is 0 Å². The Morgan fingerprint density at radius 2 is 2.20 bits per heavy atom. The van der Waals surface area contributed by atoms with E-state index in [9.17, 15) is 0 Å². The minimum atomic E-state index is 0.889. The van der Waals surface area contributed by atoms with Gasteiger partial charge in [0, 0.05) is 12.4 Å². The minimum absolute atomic E-state index is 0.889. The monoisotopic (exact) mass is 203 g/mol. The van der Waals surface area contributed by atoms with E-state index < -0.39 is 0 Å². The number of aromatic nitrogens is 1. The van der Waals surface area contributed by atoms with Gasteiger partial charge in [-0.2, -0.15) is 0 Å². The highest BCUT2D eigenvalue weighted by Crippen LogP contribution is 2.40. The Morgan fingerprint density at radius 3 is 2.80 bits per heavy atom. The van der Waals surface area contributed by atoms with Crippen LogP contribution in [0.25, 0.3) is 0 Å². The zero-order chi connectivity index (χ0) is 10.7. The summed E-state index contributed by atoms with van der Waals surface area (Å²) >= 11 is 0. The molecule has 0 radical (unpaired) electrons. The van der Waals surface area contributed by atoms with Crippen LogP contribution in [0.5, 0.6) is 0 Å². The van der Waals surface area contributed by atoms with Crippen molar-refractivity contribution in [2.75, 3.05) is 0 Å². The first-order valence-electron chi connectivity index (χ1n) is 6.14. The van der Waals surface area contributed by atoms with E-state index >= 15 is 0 Å². The molecule has 15 heavy (non-hydrogen) atoms. The van der Waals surface area contributed by atoms with E-state index in [0.29, 0.717) is 0 Å². The van der Waals surface area contributed by atoms with E-state index in [-0.39, 0.29) is 0 Å². The van der Waals surface area contributed by atoms with Crippen LogP contribution in [-0.4, -0.2) is 4.98 Å². The van der Waals surface area contributed by atoms with Crippen LogP contribution >= 0.6 is 0 Å². The maximum absolute atomic E-state index is 4.15. The zero-order valence-electron chi connectivity index (χ0n) is 9.82. The molecule has 1 heterocycles. The molecule has 2 rings (SSSR count). The lowest BCUT2D eigenvalue weighted by molar-refractivity contribution is 0.134. The summed E-state index contributed by atoms with van der Waals surface area (Å²) in [5.41, 5.74) is 1.39. The van der Waals surface area contributed by atoms with Gasteiger partial charge in [0.15, 0.2) is 0 Å². The summed E-state index contributed by atoms with van der Waals surface area (Å²) in [6.45, 7) is 4.70. The van der Waals surface area contributed by atoms with Gasteiger partial charge in [0.2, 0.25) is 0 Å². The summed E-state index contributed by atoms with van der Waals surface area (Å²) in [6, 6.07) is 4.22. The lowest BCUT2D eigenvalue weighted by atomic mass is 9.68. The van der Waals surface area contributed by atoms with E-state index in [4.69, 9.17) is 0 Å². The first-order valence-corrected chi connectivity index (χ1v) is 6.14. The fourth-order valence-corrected chi connectivity index (χ4v) is 2.48. The highest BCUT2D eigenvalue weighted by Gasteiger charge is 2.30. The van der Waals surface area contributed by atoms with Crippen molar-refractivity contribution in [2.45, 2.75) is 39.5 Å². The number of pyridine rings is 1. The Labute approximate surface area is 92.9 Å². The molecule has 0 unspecified atom stereocenters. The van der Waals surface area contributed by atoms with Crippen molar-refractivity contribution in [1.82, 2.24) is 4.98 Å². The van der Waals surface area contributed by atoms with Crippen molar-refractivity contribution >= 4 is 0 Å². The molecular formula is C14H21N. The summed E-state index contributed by atoms with van der Waals surface area (Å²) in [4.78, 5) is 4.15. The molecule has 82 valence electrons. The van der Waals surface area contributed by atoms with Crippen LogP contribution in [0.4, 0.5) is 0 Å². The molecule has 0 saturated heterocycles. The third kappa shape index (κ3) is 2.80. The summed E-state index contributed by atoms with van der Waals surface area (Å²) in [5.74, 6) is 2.88. The zero-order valence-corrected chi connectivity index (χ0v) is 9.82. The fraction of sp³-hybridized carbons (Fsp3) is 0.643. The molecule has 0 bridgehead atoms. The second-order valence-electron chi connectivity index (χ2n) is 5.24. The molecule has 0 atom stereocenters. The summed E-state index contributed by atoms with van der Waals surface area (Å²) in [6.07, 6.45) is 9.33. The Bertz CT molecular complexity index is 285. The molecular weight excluding hydrogens is 182 g/mol. The second kappa shape index (κ2) is 4.78. The standard InChI is InChI=1S/C14H21N/c1-11(2)14-8-13(9-14)6-5-12-4-3-7-15-10-12/h3-4,7,10-11,13-14H,5-6,8-9H2,1-2H3. The number of nitrogens with zero attached hydrogens (tertiary/aromatic N) is 1. The van der Waals surface area contributed by atoms with Gasteiger partial charge in [-0.3, -0.25) is 4.98 Å². The van der Waals surface area contributed by atoms with E-state index in [1.807, 2.05) is 18.5 Å². The molecule has 1 aromatic heterocycles. The number of hydrogen-bond donors (Lipinski definition) is 0. The van der Waals surface area contributed by atoms with E-state index in [1.165, 1.54) is 31.2 Å². The first kappa shape index (κ1) is 10.7. The first-order chi connectivity index (χ1) is 7.25. The maximum Gasteiger partial charge on any atom is 0.0299 e. The van der Waals surface area contributed by atoms with Crippen LogP contribution in [0.3, 0.4) is 0 Å².